The highest BCUT2D eigenvalue weighted by Gasteiger charge is 2.42. The van der Waals surface area contributed by atoms with Crippen LogP contribution in [0.2, 0.25) is 0 Å². The smallest absolute Gasteiger partial charge is 0.303 e. The monoisotopic (exact) mass is 485 g/mol. The van der Waals surface area contributed by atoms with Crippen LogP contribution in [0.1, 0.15) is 86.6 Å². The molecule has 2 fully saturated rings. The Morgan fingerprint density at radius 3 is 2.72 bits per heavy atom. The molecular formula is C32H39NO3. The summed E-state index contributed by atoms with van der Waals surface area (Å²) in [6.45, 7) is 2.30. The number of hydrogen-bond acceptors (Lipinski definition) is 3. The summed E-state index contributed by atoms with van der Waals surface area (Å²) in [5.74, 6) is 0.998. The van der Waals surface area contributed by atoms with Crippen molar-refractivity contribution in [1.29, 1.82) is 0 Å². The highest BCUT2D eigenvalue weighted by atomic mass is 16.4. The van der Waals surface area contributed by atoms with Gasteiger partial charge in [-0.3, -0.25) is 9.59 Å². The van der Waals surface area contributed by atoms with Crippen molar-refractivity contribution in [1.82, 2.24) is 5.32 Å². The number of carboxylic acid groups (broad SMARTS) is 1. The maximum Gasteiger partial charge on any atom is 0.303 e. The Balaban J connectivity index is 1.15. The van der Waals surface area contributed by atoms with Crippen molar-refractivity contribution in [3.8, 4) is 0 Å². The van der Waals surface area contributed by atoms with Gasteiger partial charge in [0, 0.05) is 35.9 Å². The second-order valence-corrected chi connectivity index (χ2v) is 11.2. The van der Waals surface area contributed by atoms with Crippen LogP contribution in [0.4, 0.5) is 0 Å². The maximum absolute atomic E-state index is 12.9. The van der Waals surface area contributed by atoms with E-state index in [0.717, 1.165) is 31.2 Å². The van der Waals surface area contributed by atoms with Gasteiger partial charge in [-0.15, -0.1) is 0 Å². The van der Waals surface area contributed by atoms with Gasteiger partial charge in [-0.25, -0.2) is 0 Å². The van der Waals surface area contributed by atoms with Crippen molar-refractivity contribution in [2.45, 2.75) is 82.7 Å². The lowest BCUT2D eigenvalue weighted by atomic mass is 9.79. The number of allylic oxidation sites excluding steroid dienone is 6. The number of rotatable bonds is 10. The van der Waals surface area contributed by atoms with E-state index in [-0.39, 0.29) is 18.1 Å². The summed E-state index contributed by atoms with van der Waals surface area (Å²) in [6.07, 6.45) is 22.1. The predicted molar refractivity (Wildman–Crippen MR) is 144 cm³/mol. The number of fused-ring (bicyclic) bond motifs is 1. The first-order chi connectivity index (χ1) is 17.5. The van der Waals surface area contributed by atoms with Gasteiger partial charge in [-0.05, 0) is 80.4 Å². The van der Waals surface area contributed by atoms with E-state index >= 15 is 0 Å². The van der Waals surface area contributed by atoms with Gasteiger partial charge in [0.25, 0.3) is 0 Å². The fourth-order valence-corrected chi connectivity index (χ4v) is 6.56. The Morgan fingerprint density at radius 1 is 1.08 bits per heavy atom. The third kappa shape index (κ3) is 5.81. The summed E-state index contributed by atoms with van der Waals surface area (Å²) in [5, 5.41) is 12.8. The van der Waals surface area contributed by atoms with Crippen LogP contribution in [0, 0.1) is 17.8 Å². The van der Waals surface area contributed by atoms with Gasteiger partial charge in [0.15, 0.2) is 5.78 Å². The number of aliphatic carboxylic acids is 1. The van der Waals surface area contributed by atoms with Gasteiger partial charge in [0.05, 0.1) is 0 Å². The second kappa shape index (κ2) is 11.1. The summed E-state index contributed by atoms with van der Waals surface area (Å²) < 4.78 is 0. The van der Waals surface area contributed by atoms with E-state index in [1.54, 1.807) is 0 Å². The Kier molecular flexibility index (Phi) is 7.71. The number of nitrogens with one attached hydrogen (secondary N) is 1. The van der Waals surface area contributed by atoms with Crippen LogP contribution in [-0.2, 0) is 4.79 Å². The molecule has 2 saturated carbocycles. The van der Waals surface area contributed by atoms with E-state index in [1.165, 1.54) is 36.0 Å². The molecule has 4 nitrogen and oxygen atoms in total. The molecule has 0 radical (unpaired) electrons. The first-order valence-corrected chi connectivity index (χ1v) is 13.9. The largest absolute Gasteiger partial charge is 0.481 e. The summed E-state index contributed by atoms with van der Waals surface area (Å²) in [6, 6.07) is 9.22. The van der Waals surface area contributed by atoms with E-state index in [2.05, 4.69) is 60.8 Å². The molecule has 0 aliphatic heterocycles. The topological polar surface area (TPSA) is 66.4 Å². The SMILES string of the molecule is CC(NC1CCC[C@H](c2ccc(C(=O)C3CC3CCCC(=O)O)cc2)C1)C1=C2C=CC=CC2CC=C1. The second-order valence-electron chi connectivity index (χ2n) is 11.2. The first-order valence-electron chi connectivity index (χ1n) is 13.9. The molecule has 0 spiro atoms. The van der Waals surface area contributed by atoms with Gasteiger partial charge in [-0.1, -0.05) is 67.1 Å². The van der Waals surface area contributed by atoms with Crippen LogP contribution in [0.15, 0.2) is 71.9 Å². The lowest BCUT2D eigenvalue weighted by Gasteiger charge is -2.34. The molecule has 0 aromatic heterocycles. The van der Waals surface area contributed by atoms with Crippen LogP contribution < -0.4 is 5.32 Å². The maximum atomic E-state index is 12.9. The van der Waals surface area contributed by atoms with Crippen LogP contribution in [0.5, 0.6) is 0 Å². The molecule has 4 aliphatic rings. The van der Waals surface area contributed by atoms with Crippen molar-refractivity contribution in [3.63, 3.8) is 0 Å². The number of hydrogen-bond donors (Lipinski definition) is 2. The molecule has 4 aliphatic carbocycles. The minimum atomic E-state index is -0.750. The van der Waals surface area contributed by atoms with Crippen LogP contribution in [-0.4, -0.2) is 28.9 Å². The molecule has 0 heterocycles. The molecular weight excluding hydrogens is 446 g/mol. The van der Waals surface area contributed by atoms with Gasteiger partial charge in [0.1, 0.15) is 0 Å². The van der Waals surface area contributed by atoms with E-state index in [1.807, 2.05) is 12.1 Å². The van der Waals surface area contributed by atoms with Crippen LogP contribution in [0.3, 0.4) is 0 Å². The van der Waals surface area contributed by atoms with Crippen LogP contribution >= 0.6 is 0 Å². The summed E-state index contributed by atoms with van der Waals surface area (Å²) in [7, 11) is 0. The normalized spacial score (nSPS) is 29.6. The number of Topliss-reactive ketones (excluding diaryl/α,β-unsaturated/α-hetero) is 1. The number of carboxylic acids is 1. The molecule has 1 aromatic carbocycles. The highest BCUT2D eigenvalue weighted by molar-refractivity contribution is 5.99. The highest BCUT2D eigenvalue weighted by Crippen LogP contribution is 2.44. The standard InChI is InChI=1S/C32H39NO3/c1-21(28-13-5-8-23-7-2-3-12-29(23)28)33-27-11-4-9-25(19-27)22-15-17-24(18-16-22)32(36)30-20-26(30)10-6-14-31(34)35/h2-3,5,7,12-13,15-18,21,23,25-27,30,33H,4,6,8-11,14,19-20H2,1H3,(H,34,35)/t21?,23?,25-,26?,27?,30?/m0/s1. The van der Waals surface area contributed by atoms with E-state index < -0.39 is 5.97 Å². The molecule has 6 atom stereocenters. The van der Waals surface area contributed by atoms with Crippen molar-refractivity contribution >= 4 is 11.8 Å². The summed E-state index contributed by atoms with van der Waals surface area (Å²) >= 11 is 0. The van der Waals surface area contributed by atoms with E-state index in [4.69, 9.17) is 5.11 Å². The number of benzene rings is 1. The molecule has 0 bridgehead atoms. The quantitative estimate of drug-likeness (QED) is 0.359. The molecule has 190 valence electrons. The molecule has 5 rings (SSSR count). The minimum absolute atomic E-state index is 0.0905. The fraction of sp³-hybridized carbons (Fsp3) is 0.500. The van der Waals surface area contributed by atoms with Gasteiger partial charge in [0.2, 0.25) is 0 Å². The minimum Gasteiger partial charge on any atom is -0.481 e. The third-order valence-electron chi connectivity index (χ3n) is 8.67. The lowest BCUT2D eigenvalue weighted by molar-refractivity contribution is -0.137. The van der Waals surface area contributed by atoms with Gasteiger partial charge in [-0.2, -0.15) is 0 Å². The Morgan fingerprint density at radius 2 is 1.92 bits per heavy atom. The zero-order chi connectivity index (χ0) is 25.1. The average molecular weight is 486 g/mol. The molecule has 4 heteroatoms. The molecule has 36 heavy (non-hydrogen) atoms. The number of carbonyl (C=O) groups is 2. The Hall–Kier alpha value is -2.72. The molecule has 5 unspecified atom stereocenters. The first kappa shape index (κ1) is 25.0. The van der Waals surface area contributed by atoms with Crippen molar-refractivity contribution < 1.29 is 14.7 Å². The summed E-state index contributed by atoms with van der Waals surface area (Å²) in [5.41, 5.74) is 5.05. The number of carbonyl (C=O) groups excluding carboxylic acids is 1. The molecule has 0 amide bonds. The van der Waals surface area contributed by atoms with Gasteiger partial charge < -0.3 is 10.4 Å². The van der Waals surface area contributed by atoms with Gasteiger partial charge >= 0.3 is 5.97 Å². The molecule has 2 N–H and O–H groups in total. The average Bonchev–Trinajstić information content (AvgIpc) is 3.67. The van der Waals surface area contributed by atoms with Crippen LogP contribution in [0.25, 0.3) is 0 Å². The van der Waals surface area contributed by atoms with Crippen molar-refractivity contribution in [2.24, 2.45) is 17.8 Å². The Bertz CT molecular complexity index is 1090. The third-order valence-corrected chi connectivity index (χ3v) is 8.67. The zero-order valence-corrected chi connectivity index (χ0v) is 21.4. The zero-order valence-electron chi connectivity index (χ0n) is 21.4. The van der Waals surface area contributed by atoms with Crippen molar-refractivity contribution in [3.05, 3.63) is 83.0 Å². The lowest BCUT2D eigenvalue weighted by Crippen LogP contribution is -2.40. The number of ketones is 1. The molecule has 1 aromatic rings. The molecule has 0 saturated heterocycles. The van der Waals surface area contributed by atoms with E-state index in [0.29, 0.717) is 36.3 Å². The van der Waals surface area contributed by atoms with E-state index in [9.17, 15) is 9.59 Å². The summed E-state index contributed by atoms with van der Waals surface area (Å²) in [4.78, 5) is 23.6. The predicted octanol–water partition coefficient (Wildman–Crippen LogP) is 6.76. The Labute approximate surface area is 215 Å². The fourth-order valence-electron chi connectivity index (χ4n) is 6.56. The van der Waals surface area contributed by atoms with Crippen molar-refractivity contribution in [2.75, 3.05) is 0 Å².